The molecule has 45 heavy (non-hydrogen) atoms. The fourth-order valence-electron chi connectivity index (χ4n) is 6.82. The third-order valence-corrected chi connectivity index (χ3v) is 8.83. The SMILES string of the molecule is CCOCCCOc1cc(N(CC)CC)ccc1C1(c2c(-c3ccccc3)n(CC)c3ccccc23)OC(=O)c2ccccc21. The molecule has 0 bridgehead atoms. The van der Waals surface area contributed by atoms with Crippen LogP contribution in [0.15, 0.2) is 97.1 Å². The van der Waals surface area contributed by atoms with Crippen molar-refractivity contribution < 1.29 is 19.0 Å². The zero-order chi connectivity index (χ0) is 31.4. The van der Waals surface area contributed by atoms with E-state index < -0.39 is 5.60 Å². The molecule has 0 radical (unpaired) electrons. The summed E-state index contributed by atoms with van der Waals surface area (Å²) in [6, 6.07) is 33.0. The highest BCUT2D eigenvalue weighted by molar-refractivity contribution is 6.01. The highest BCUT2D eigenvalue weighted by atomic mass is 16.6. The number of aromatic nitrogens is 1. The van der Waals surface area contributed by atoms with Crippen LogP contribution in [0.2, 0.25) is 0 Å². The minimum absolute atomic E-state index is 0.340. The van der Waals surface area contributed by atoms with Gasteiger partial charge in [0.25, 0.3) is 0 Å². The molecule has 0 aliphatic carbocycles. The topological polar surface area (TPSA) is 52.9 Å². The number of anilines is 1. The van der Waals surface area contributed by atoms with Crippen molar-refractivity contribution in [3.63, 3.8) is 0 Å². The zero-order valence-electron chi connectivity index (χ0n) is 26.7. The van der Waals surface area contributed by atoms with Crippen LogP contribution < -0.4 is 9.64 Å². The molecule has 5 aromatic rings. The van der Waals surface area contributed by atoms with Gasteiger partial charge in [0.1, 0.15) is 5.75 Å². The molecule has 0 amide bonds. The Bertz CT molecular complexity index is 1790. The third kappa shape index (κ3) is 5.27. The molecular weight excluding hydrogens is 560 g/mol. The van der Waals surface area contributed by atoms with Crippen LogP contribution in [0.1, 0.15) is 61.2 Å². The number of fused-ring (bicyclic) bond motifs is 2. The van der Waals surface area contributed by atoms with E-state index in [9.17, 15) is 4.79 Å². The maximum absolute atomic E-state index is 13.9. The van der Waals surface area contributed by atoms with Gasteiger partial charge in [-0.2, -0.15) is 0 Å². The maximum Gasteiger partial charge on any atom is 0.340 e. The Balaban J connectivity index is 1.70. The summed E-state index contributed by atoms with van der Waals surface area (Å²) in [4.78, 5) is 16.2. The number of cyclic esters (lactones) is 1. The first kappa shape index (κ1) is 30.5. The van der Waals surface area contributed by atoms with Crippen LogP contribution in [-0.4, -0.2) is 43.4 Å². The molecule has 0 saturated heterocycles. The van der Waals surface area contributed by atoms with Crippen LogP contribution >= 0.6 is 0 Å². The van der Waals surface area contributed by atoms with E-state index >= 15 is 0 Å². The Hall–Kier alpha value is -4.55. The van der Waals surface area contributed by atoms with Gasteiger partial charge in [-0.3, -0.25) is 0 Å². The van der Waals surface area contributed by atoms with Crippen molar-refractivity contribution in [2.45, 2.75) is 46.3 Å². The van der Waals surface area contributed by atoms with E-state index in [-0.39, 0.29) is 5.97 Å². The molecular formula is C39H42N2O4. The maximum atomic E-state index is 13.9. The average molecular weight is 603 g/mol. The van der Waals surface area contributed by atoms with Crippen molar-refractivity contribution >= 4 is 22.6 Å². The van der Waals surface area contributed by atoms with Crippen LogP contribution in [0, 0.1) is 0 Å². The van der Waals surface area contributed by atoms with E-state index in [1.54, 1.807) is 0 Å². The predicted octanol–water partition coefficient (Wildman–Crippen LogP) is 8.44. The molecule has 4 aromatic carbocycles. The smallest absolute Gasteiger partial charge is 0.340 e. The Morgan fingerprint density at radius 3 is 2.29 bits per heavy atom. The number of esters is 1. The second-order valence-electron chi connectivity index (χ2n) is 11.2. The fourth-order valence-corrected chi connectivity index (χ4v) is 6.82. The Kier molecular flexibility index (Phi) is 8.95. The van der Waals surface area contributed by atoms with E-state index in [0.717, 1.165) is 70.6 Å². The van der Waals surface area contributed by atoms with Gasteiger partial charge in [0.2, 0.25) is 0 Å². The molecule has 232 valence electrons. The first-order chi connectivity index (χ1) is 22.1. The average Bonchev–Trinajstić information content (AvgIpc) is 3.58. The summed E-state index contributed by atoms with van der Waals surface area (Å²) >= 11 is 0. The van der Waals surface area contributed by atoms with E-state index in [1.165, 1.54) is 0 Å². The molecule has 6 nitrogen and oxygen atoms in total. The number of benzene rings is 4. The van der Waals surface area contributed by atoms with Gasteiger partial charge in [0.05, 0.1) is 17.9 Å². The van der Waals surface area contributed by atoms with Gasteiger partial charge in [0, 0.05) is 78.6 Å². The second-order valence-corrected chi connectivity index (χ2v) is 11.2. The number of rotatable bonds is 13. The van der Waals surface area contributed by atoms with Crippen molar-refractivity contribution in [2.75, 3.05) is 37.8 Å². The van der Waals surface area contributed by atoms with Gasteiger partial charge in [-0.1, -0.05) is 66.7 Å². The summed E-state index contributed by atoms with van der Waals surface area (Å²) in [7, 11) is 0. The van der Waals surface area contributed by atoms with Crippen molar-refractivity contribution in [2.24, 2.45) is 0 Å². The van der Waals surface area contributed by atoms with E-state index in [4.69, 9.17) is 14.2 Å². The first-order valence-electron chi connectivity index (χ1n) is 16.2. The number of hydrogen-bond acceptors (Lipinski definition) is 5. The molecule has 1 aliphatic rings. The van der Waals surface area contributed by atoms with Gasteiger partial charge < -0.3 is 23.7 Å². The van der Waals surface area contributed by atoms with Crippen molar-refractivity contribution in [1.82, 2.24) is 4.57 Å². The van der Waals surface area contributed by atoms with E-state index in [1.807, 2.05) is 37.3 Å². The van der Waals surface area contributed by atoms with Crippen LogP contribution in [0.5, 0.6) is 5.75 Å². The highest BCUT2D eigenvalue weighted by Crippen LogP contribution is 2.55. The molecule has 1 atom stereocenters. The minimum atomic E-state index is -1.25. The molecule has 0 N–H and O–H groups in total. The molecule has 1 aromatic heterocycles. The monoisotopic (exact) mass is 602 g/mol. The molecule has 1 aliphatic heterocycles. The largest absolute Gasteiger partial charge is 0.493 e. The quantitative estimate of drug-likeness (QED) is 0.100. The van der Waals surface area contributed by atoms with Gasteiger partial charge in [-0.15, -0.1) is 0 Å². The summed E-state index contributed by atoms with van der Waals surface area (Å²) in [6.45, 7) is 12.7. The molecule has 0 spiro atoms. The normalized spacial score (nSPS) is 15.7. The summed E-state index contributed by atoms with van der Waals surface area (Å²) in [5.41, 5.74) is 6.13. The van der Waals surface area contributed by atoms with Crippen LogP contribution in [0.4, 0.5) is 5.69 Å². The lowest BCUT2D eigenvalue weighted by Gasteiger charge is -2.33. The zero-order valence-corrected chi connectivity index (χ0v) is 26.7. The molecule has 6 heteroatoms. The second kappa shape index (κ2) is 13.2. The number of aryl methyl sites for hydroxylation is 1. The number of hydrogen-bond donors (Lipinski definition) is 0. The molecule has 2 heterocycles. The van der Waals surface area contributed by atoms with Crippen LogP contribution in [0.25, 0.3) is 22.2 Å². The number of para-hydroxylation sites is 1. The van der Waals surface area contributed by atoms with Crippen LogP contribution in [0.3, 0.4) is 0 Å². The number of carbonyl (C=O) groups excluding carboxylic acids is 1. The third-order valence-electron chi connectivity index (χ3n) is 8.83. The Labute approximate surface area is 266 Å². The predicted molar refractivity (Wildman–Crippen MR) is 181 cm³/mol. The van der Waals surface area contributed by atoms with Crippen molar-refractivity contribution in [3.05, 3.63) is 119 Å². The van der Waals surface area contributed by atoms with Crippen molar-refractivity contribution in [1.29, 1.82) is 0 Å². The van der Waals surface area contributed by atoms with Gasteiger partial charge >= 0.3 is 5.97 Å². The van der Waals surface area contributed by atoms with Gasteiger partial charge in [0.15, 0.2) is 5.60 Å². The summed E-state index contributed by atoms with van der Waals surface area (Å²) < 4.78 is 21.4. The van der Waals surface area contributed by atoms with Crippen molar-refractivity contribution in [3.8, 4) is 17.0 Å². The highest BCUT2D eigenvalue weighted by Gasteiger charge is 2.53. The Morgan fingerprint density at radius 1 is 0.800 bits per heavy atom. The van der Waals surface area contributed by atoms with E-state index in [2.05, 4.69) is 97.0 Å². The first-order valence-corrected chi connectivity index (χ1v) is 16.2. The number of carbonyl (C=O) groups is 1. The molecule has 1 unspecified atom stereocenters. The lowest BCUT2D eigenvalue weighted by molar-refractivity contribution is 0.0248. The fraction of sp³-hybridized carbons (Fsp3) is 0.308. The summed E-state index contributed by atoms with van der Waals surface area (Å²) in [5, 5.41) is 1.04. The molecule has 0 fully saturated rings. The molecule has 0 saturated carbocycles. The summed E-state index contributed by atoms with van der Waals surface area (Å²) in [6.07, 6.45) is 0.747. The van der Waals surface area contributed by atoms with Gasteiger partial charge in [-0.25, -0.2) is 4.79 Å². The number of nitrogens with zero attached hydrogens (tertiary/aromatic N) is 2. The summed E-state index contributed by atoms with van der Waals surface area (Å²) in [5.74, 6) is 0.362. The molecule has 6 rings (SSSR count). The van der Waals surface area contributed by atoms with Crippen LogP contribution in [-0.2, 0) is 21.6 Å². The Morgan fingerprint density at radius 2 is 1.53 bits per heavy atom. The minimum Gasteiger partial charge on any atom is -0.493 e. The standard InChI is InChI=1S/C39H42N2O4/c1-5-40(6-2)29-23-24-33(35(27-29)44-26-16-25-43-8-4)39(32-21-14-12-19-30(32)38(42)45-39)36-31-20-13-15-22-34(31)41(7-3)37(36)28-17-10-9-11-18-28/h9-15,17-24,27H,5-8,16,25-26H2,1-4H3. The van der Waals surface area contributed by atoms with E-state index in [0.29, 0.717) is 31.1 Å². The lowest BCUT2D eigenvalue weighted by Crippen LogP contribution is -2.31. The lowest BCUT2D eigenvalue weighted by atomic mass is 9.77. The van der Waals surface area contributed by atoms with Gasteiger partial charge in [-0.05, 0) is 57.5 Å². The number of ether oxygens (including phenoxy) is 3.